The molecular weight excluding hydrogens is 244 g/mol. The molecule has 0 radical (unpaired) electrons. The summed E-state index contributed by atoms with van der Waals surface area (Å²) in [7, 11) is 0. The van der Waals surface area contributed by atoms with Crippen LogP contribution in [0.4, 0.5) is 0 Å². The summed E-state index contributed by atoms with van der Waals surface area (Å²) in [5, 5.41) is 3.80. The Bertz CT molecular complexity index is 415. The first kappa shape index (κ1) is 14.1. The zero-order chi connectivity index (χ0) is 13.9. The molecule has 0 saturated carbocycles. The minimum atomic E-state index is 0.595. The maximum atomic E-state index is 3.80. The summed E-state index contributed by atoms with van der Waals surface area (Å²) >= 11 is 0. The van der Waals surface area contributed by atoms with Crippen LogP contribution in [-0.4, -0.2) is 30.1 Å². The van der Waals surface area contributed by atoms with Crippen LogP contribution in [0.15, 0.2) is 30.3 Å². The van der Waals surface area contributed by atoms with E-state index < -0.39 is 0 Å². The van der Waals surface area contributed by atoms with Crippen LogP contribution in [0.3, 0.4) is 0 Å². The lowest BCUT2D eigenvalue weighted by Crippen LogP contribution is -2.38. The third-order valence-corrected chi connectivity index (χ3v) is 4.87. The van der Waals surface area contributed by atoms with Crippen molar-refractivity contribution in [2.45, 2.75) is 57.7 Å². The van der Waals surface area contributed by atoms with Gasteiger partial charge < -0.3 is 5.32 Å². The van der Waals surface area contributed by atoms with Crippen molar-refractivity contribution < 1.29 is 0 Å². The average Bonchev–Trinajstić information content (AvgIpc) is 2.77. The molecule has 2 aliphatic rings. The van der Waals surface area contributed by atoms with Crippen LogP contribution in [0, 0.1) is 5.92 Å². The van der Waals surface area contributed by atoms with Crippen LogP contribution in [-0.2, 0) is 0 Å². The molecule has 3 atom stereocenters. The molecule has 2 heterocycles. The molecule has 2 bridgehead atoms. The van der Waals surface area contributed by atoms with E-state index in [1.807, 2.05) is 0 Å². The van der Waals surface area contributed by atoms with Gasteiger partial charge in [0.2, 0.25) is 0 Å². The molecule has 1 aromatic carbocycles. The summed E-state index contributed by atoms with van der Waals surface area (Å²) in [6.07, 6.45) is 5.34. The number of nitrogens with one attached hydrogen (secondary N) is 1. The van der Waals surface area contributed by atoms with Crippen LogP contribution in [0.1, 0.15) is 51.1 Å². The van der Waals surface area contributed by atoms with E-state index in [1.54, 1.807) is 0 Å². The van der Waals surface area contributed by atoms with Gasteiger partial charge in [0.25, 0.3) is 0 Å². The second-order valence-corrected chi connectivity index (χ2v) is 6.98. The smallest absolute Gasteiger partial charge is 0.0351 e. The number of likely N-dealkylation sites (tertiary alicyclic amines) is 1. The average molecular weight is 272 g/mol. The summed E-state index contributed by atoms with van der Waals surface area (Å²) in [5.74, 6) is 0.744. The lowest BCUT2D eigenvalue weighted by molar-refractivity contribution is 0.165. The van der Waals surface area contributed by atoms with Crippen LogP contribution in [0.2, 0.25) is 0 Å². The Hall–Kier alpha value is -0.860. The van der Waals surface area contributed by atoms with Crippen LogP contribution in [0.5, 0.6) is 0 Å². The summed E-state index contributed by atoms with van der Waals surface area (Å²) in [6, 6.07) is 13.2. The topological polar surface area (TPSA) is 15.3 Å². The van der Waals surface area contributed by atoms with Crippen LogP contribution < -0.4 is 5.32 Å². The number of nitrogens with zero attached hydrogens (tertiary/aromatic N) is 1. The lowest BCUT2D eigenvalue weighted by Gasteiger charge is -2.34. The second kappa shape index (κ2) is 6.28. The van der Waals surface area contributed by atoms with Gasteiger partial charge >= 0.3 is 0 Å². The maximum Gasteiger partial charge on any atom is 0.0351 e. The molecule has 0 aliphatic carbocycles. The Kier molecular flexibility index (Phi) is 4.42. The zero-order valence-corrected chi connectivity index (χ0v) is 12.9. The quantitative estimate of drug-likeness (QED) is 0.901. The van der Waals surface area contributed by atoms with E-state index in [-0.39, 0.29) is 0 Å². The number of benzene rings is 1. The first-order chi connectivity index (χ1) is 9.72. The van der Waals surface area contributed by atoms with E-state index in [2.05, 4.69) is 54.4 Å². The van der Waals surface area contributed by atoms with E-state index in [0.29, 0.717) is 6.04 Å². The van der Waals surface area contributed by atoms with E-state index in [9.17, 15) is 0 Å². The molecule has 2 saturated heterocycles. The zero-order valence-electron chi connectivity index (χ0n) is 12.9. The molecule has 0 aromatic heterocycles. The van der Waals surface area contributed by atoms with Gasteiger partial charge in [-0.05, 0) is 37.2 Å². The fourth-order valence-corrected chi connectivity index (χ4v) is 3.87. The van der Waals surface area contributed by atoms with Crippen molar-refractivity contribution in [2.24, 2.45) is 5.92 Å². The highest BCUT2D eigenvalue weighted by molar-refractivity contribution is 5.19. The van der Waals surface area contributed by atoms with Crippen molar-refractivity contribution in [1.82, 2.24) is 10.2 Å². The highest BCUT2D eigenvalue weighted by Gasteiger charge is 2.32. The molecule has 2 heteroatoms. The van der Waals surface area contributed by atoms with Crippen LogP contribution in [0.25, 0.3) is 0 Å². The van der Waals surface area contributed by atoms with Gasteiger partial charge in [-0.1, -0.05) is 44.2 Å². The Labute approximate surface area is 123 Å². The first-order valence-corrected chi connectivity index (χ1v) is 8.27. The van der Waals surface area contributed by atoms with Crippen molar-refractivity contribution in [3.8, 4) is 0 Å². The van der Waals surface area contributed by atoms with Gasteiger partial charge in [0.15, 0.2) is 0 Å². The highest BCUT2D eigenvalue weighted by atomic mass is 15.2. The minimum Gasteiger partial charge on any atom is -0.310 e. The normalized spacial score (nSPS) is 28.6. The number of rotatable bonds is 4. The Morgan fingerprint density at radius 3 is 2.60 bits per heavy atom. The first-order valence-electron chi connectivity index (χ1n) is 8.27. The fraction of sp³-hybridized carbons (Fsp3) is 0.667. The van der Waals surface area contributed by atoms with Gasteiger partial charge in [0, 0.05) is 31.2 Å². The molecule has 1 N–H and O–H groups in total. The fourth-order valence-electron chi connectivity index (χ4n) is 3.87. The Morgan fingerprint density at radius 1 is 1.10 bits per heavy atom. The number of fused-ring (bicyclic) bond motifs is 2. The Morgan fingerprint density at radius 2 is 1.85 bits per heavy atom. The molecule has 2 nitrogen and oxygen atoms in total. The van der Waals surface area contributed by atoms with Crippen molar-refractivity contribution in [3.05, 3.63) is 35.9 Å². The van der Waals surface area contributed by atoms with Crippen LogP contribution >= 0.6 is 0 Å². The van der Waals surface area contributed by atoms with Crippen molar-refractivity contribution in [1.29, 1.82) is 0 Å². The summed E-state index contributed by atoms with van der Waals surface area (Å²) in [6.45, 7) is 7.17. The Balaban J connectivity index is 1.78. The summed E-state index contributed by atoms with van der Waals surface area (Å²) in [4.78, 5) is 2.74. The predicted molar refractivity (Wildman–Crippen MR) is 84.8 cm³/mol. The third-order valence-electron chi connectivity index (χ3n) is 4.87. The second-order valence-electron chi connectivity index (χ2n) is 6.98. The van der Waals surface area contributed by atoms with Gasteiger partial charge in [0.05, 0.1) is 0 Å². The summed E-state index contributed by atoms with van der Waals surface area (Å²) < 4.78 is 0. The molecular formula is C18H28N2. The molecule has 2 fully saturated rings. The lowest BCUT2D eigenvalue weighted by atomic mass is 9.94. The monoisotopic (exact) mass is 272 g/mol. The van der Waals surface area contributed by atoms with Gasteiger partial charge in [0.1, 0.15) is 0 Å². The molecule has 1 aromatic rings. The van der Waals surface area contributed by atoms with E-state index in [1.165, 1.54) is 44.3 Å². The molecule has 20 heavy (non-hydrogen) atoms. The number of hydrogen-bond acceptors (Lipinski definition) is 2. The molecule has 0 amide bonds. The van der Waals surface area contributed by atoms with Gasteiger partial charge in [-0.3, -0.25) is 4.90 Å². The van der Waals surface area contributed by atoms with Crippen molar-refractivity contribution in [2.75, 3.05) is 13.1 Å². The third kappa shape index (κ3) is 3.24. The highest BCUT2D eigenvalue weighted by Crippen LogP contribution is 2.31. The predicted octanol–water partition coefficient (Wildman–Crippen LogP) is 3.60. The van der Waals surface area contributed by atoms with Gasteiger partial charge in [-0.2, -0.15) is 0 Å². The van der Waals surface area contributed by atoms with E-state index >= 15 is 0 Å². The SMILES string of the molecule is CC(C)CC(c1ccccc1)N1CCC2CCC(C1)N2. The van der Waals surface area contributed by atoms with E-state index in [0.717, 1.165) is 18.0 Å². The minimum absolute atomic E-state index is 0.595. The van der Waals surface area contributed by atoms with Gasteiger partial charge in [-0.15, -0.1) is 0 Å². The molecule has 110 valence electrons. The molecule has 2 aliphatic heterocycles. The van der Waals surface area contributed by atoms with E-state index in [4.69, 9.17) is 0 Å². The van der Waals surface area contributed by atoms with Crippen molar-refractivity contribution in [3.63, 3.8) is 0 Å². The van der Waals surface area contributed by atoms with Gasteiger partial charge in [-0.25, -0.2) is 0 Å². The summed E-state index contributed by atoms with van der Waals surface area (Å²) in [5.41, 5.74) is 1.50. The maximum absolute atomic E-state index is 3.80. The molecule has 3 unspecified atom stereocenters. The van der Waals surface area contributed by atoms with Crippen molar-refractivity contribution >= 4 is 0 Å². The standard InChI is InChI=1S/C18H28N2/c1-14(2)12-18(15-6-4-3-5-7-15)20-11-10-16-8-9-17(13-20)19-16/h3-7,14,16-19H,8-13H2,1-2H3. The molecule has 0 spiro atoms. The number of hydrogen-bond donors (Lipinski definition) is 1. The largest absolute Gasteiger partial charge is 0.310 e. The molecule has 3 rings (SSSR count).